The molecule has 2 atom stereocenters. The zero-order chi connectivity index (χ0) is 21.3. The Morgan fingerprint density at radius 3 is 2.59 bits per heavy atom. The Hall–Kier alpha value is -2.61. The fourth-order valence-electron chi connectivity index (χ4n) is 3.12. The molecular weight excluding hydrogens is 398 g/mol. The molecule has 1 unspecified atom stereocenters. The van der Waals surface area contributed by atoms with E-state index in [-0.39, 0.29) is 24.0 Å². The van der Waals surface area contributed by atoms with E-state index in [4.69, 9.17) is 25.8 Å². The number of methoxy groups -OCH3 is 1. The summed E-state index contributed by atoms with van der Waals surface area (Å²) in [7, 11) is 1.28. The van der Waals surface area contributed by atoms with Gasteiger partial charge in [-0.25, -0.2) is 19.6 Å². The minimum atomic E-state index is -0.810. The molecule has 1 saturated heterocycles. The number of fused-ring (bicyclic) bond motifs is 1. The number of benzene rings is 1. The molecule has 1 aliphatic heterocycles. The molecule has 8 nitrogen and oxygen atoms in total. The van der Waals surface area contributed by atoms with Crippen LogP contribution in [0.3, 0.4) is 0 Å². The Bertz CT molecular complexity index is 944. The van der Waals surface area contributed by atoms with Crippen molar-refractivity contribution in [2.24, 2.45) is 0 Å². The van der Waals surface area contributed by atoms with E-state index in [2.05, 4.69) is 9.97 Å². The Kier molecular flexibility index (Phi) is 5.84. The quantitative estimate of drug-likeness (QED) is 0.700. The van der Waals surface area contributed by atoms with Gasteiger partial charge in [-0.15, -0.1) is 0 Å². The van der Waals surface area contributed by atoms with Crippen molar-refractivity contribution in [1.82, 2.24) is 14.9 Å². The fraction of sp³-hybridized carbons (Fsp3) is 0.500. The number of aryl methyl sites for hydroxylation is 1. The summed E-state index contributed by atoms with van der Waals surface area (Å²) < 4.78 is 16.2. The highest BCUT2D eigenvalue weighted by Crippen LogP contribution is 2.29. The summed E-state index contributed by atoms with van der Waals surface area (Å²) in [4.78, 5) is 34.8. The maximum atomic E-state index is 12.5. The molecule has 156 valence electrons. The topological polar surface area (TPSA) is 90.9 Å². The van der Waals surface area contributed by atoms with Gasteiger partial charge < -0.3 is 14.2 Å². The summed E-state index contributed by atoms with van der Waals surface area (Å²) in [5.41, 5.74) is 1.65. The van der Waals surface area contributed by atoms with Crippen LogP contribution in [0, 0.1) is 6.92 Å². The Morgan fingerprint density at radius 2 is 1.93 bits per heavy atom. The summed E-state index contributed by atoms with van der Waals surface area (Å²) >= 11 is 6.25. The van der Waals surface area contributed by atoms with Gasteiger partial charge in [0.25, 0.3) is 5.88 Å². The number of amides is 1. The second-order valence-electron chi connectivity index (χ2n) is 7.96. The van der Waals surface area contributed by atoms with Crippen LogP contribution in [-0.4, -0.2) is 58.3 Å². The molecule has 29 heavy (non-hydrogen) atoms. The lowest BCUT2D eigenvalue weighted by Gasteiger charge is -2.27. The second kappa shape index (κ2) is 8.02. The Morgan fingerprint density at radius 1 is 1.21 bits per heavy atom. The molecule has 0 saturated carbocycles. The average molecular weight is 422 g/mol. The van der Waals surface area contributed by atoms with Crippen LogP contribution in [0.4, 0.5) is 4.79 Å². The highest BCUT2D eigenvalue weighted by molar-refractivity contribution is 6.31. The minimum absolute atomic E-state index is 0.119. The molecule has 0 radical (unpaired) electrons. The number of likely N-dealkylation sites (tertiary alicyclic amines) is 1. The smallest absolute Gasteiger partial charge is 0.411 e. The van der Waals surface area contributed by atoms with Gasteiger partial charge in [0.15, 0.2) is 5.15 Å². The third-order valence-corrected chi connectivity index (χ3v) is 4.64. The summed E-state index contributed by atoms with van der Waals surface area (Å²) in [6.07, 6.45) is -0.887. The van der Waals surface area contributed by atoms with Crippen LogP contribution >= 0.6 is 11.6 Å². The third kappa shape index (κ3) is 4.87. The van der Waals surface area contributed by atoms with Crippen molar-refractivity contribution in [3.05, 3.63) is 28.9 Å². The van der Waals surface area contributed by atoms with E-state index >= 15 is 0 Å². The first-order valence-corrected chi connectivity index (χ1v) is 9.63. The van der Waals surface area contributed by atoms with E-state index in [0.29, 0.717) is 11.0 Å². The highest BCUT2D eigenvalue weighted by Gasteiger charge is 2.43. The normalized spacial score (nSPS) is 19.3. The standard InChI is InChI=1S/C20H24ClN3O5/c1-11-6-7-13-14(8-11)22-16(21)17(23-13)28-12-9-15(18(25)27-5)24(10-12)19(26)29-20(2,3)4/h6-8,12,15H,9-10H2,1-5H3/t12?,15-/m0/s1. The van der Waals surface area contributed by atoms with Crippen LogP contribution in [0.15, 0.2) is 18.2 Å². The third-order valence-electron chi connectivity index (χ3n) is 4.39. The summed E-state index contributed by atoms with van der Waals surface area (Å²) in [5, 5.41) is 0.119. The van der Waals surface area contributed by atoms with E-state index in [0.717, 1.165) is 5.56 Å². The molecule has 1 fully saturated rings. The van der Waals surface area contributed by atoms with Gasteiger partial charge in [0.2, 0.25) is 0 Å². The zero-order valence-corrected chi connectivity index (χ0v) is 17.8. The van der Waals surface area contributed by atoms with E-state index in [1.54, 1.807) is 20.8 Å². The van der Waals surface area contributed by atoms with Gasteiger partial charge in [0.1, 0.15) is 17.7 Å². The molecular formula is C20H24ClN3O5. The zero-order valence-electron chi connectivity index (χ0n) is 17.1. The molecule has 1 aromatic carbocycles. The van der Waals surface area contributed by atoms with E-state index in [1.807, 2.05) is 25.1 Å². The predicted molar refractivity (Wildman–Crippen MR) is 107 cm³/mol. The monoisotopic (exact) mass is 421 g/mol. The summed E-state index contributed by atoms with van der Waals surface area (Å²) in [6.45, 7) is 7.37. The van der Waals surface area contributed by atoms with Gasteiger partial charge >= 0.3 is 12.1 Å². The number of ether oxygens (including phenoxy) is 3. The number of carbonyl (C=O) groups is 2. The van der Waals surface area contributed by atoms with Gasteiger partial charge in [-0.1, -0.05) is 17.7 Å². The predicted octanol–water partition coefficient (Wildman–Crippen LogP) is 3.52. The van der Waals surface area contributed by atoms with Gasteiger partial charge in [-0.2, -0.15) is 0 Å². The van der Waals surface area contributed by atoms with E-state index < -0.39 is 29.8 Å². The number of nitrogens with zero attached hydrogens (tertiary/aromatic N) is 3. The van der Waals surface area contributed by atoms with Gasteiger partial charge in [-0.05, 0) is 45.4 Å². The van der Waals surface area contributed by atoms with Crippen LogP contribution in [0.1, 0.15) is 32.8 Å². The first-order chi connectivity index (χ1) is 13.6. The molecule has 0 bridgehead atoms. The first-order valence-electron chi connectivity index (χ1n) is 9.25. The molecule has 0 aliphatic carbocycles. The molecule has 9 heteroatoms. The number of halogens is 1. The number of hydrogen-bond acceptors (Lipinski definition) is 7. The van der Waals surface area contributed by atoms with E-state index in [9.17, 15) is 9.59 Å². The molecule has 1 amide bonds. The SMILES string of the molecule is COC(=O)[C@@H]1CC(Oc2nc3ccc(C)cc3nc2Cl)CN1C(=O)OC(C)(C)C. The summed E-state index contributed by atoms with van der Waals surface area (Å²) in [5.74, 6) is -0.379. The molecule has 0 spiro atoms. The number of rotatable bonds is 3. The van der Waals surface area contributed by atoms with Crippen LogP contribution in [-0.2, 0) is 14.3 Å². The molecule has 1 aromatic heterocycles. The summed E-state index contributed by atoms with van der Waals surface area (Å²) in [6, 6.07) is 4.82. The number of aromatic nitrogens is 2. The average Bonchev–Trinajstić information content (AvgIpc) is 3.04. The molecule has 0 N–H and O–H groups in total. The van der Waals surface area contributed by atoms with Crippen molar-refractivity contribution in [1.29, 1.82) is 0 Å². The van der Waals surface area contributed by atoms with Gasteiger partial charge in [0, 0.05) is 6.42 Å². The fourth-order valence-corrected chi connectivity index (χ4v) is 3.30. The van der Waals surface area contributed by atoms with Crippen molar-refractivity contribution in [3.63, 3.8) is 0 Å². The lowest BCUT2D eigenvalue weighted by molar-refractivity contribution is -0.145. The minimum Gasteiger partial charge on any atom is -0.470 e. The van der Waals surface area contributed by atoms with E-state index in [1.165, 1.54) is 12.0 Å². The highest BCUT2D eigenvalue weighted by atomic mass is 35.5. The maximum absolute atomic E-state index is 12.5. The molecule has 1 aliphatic rings. The van der Waals surface area contributed by atoms with Crippen molar-refractivity contribution < 1.29 is 23.8 Å². The van der Waals surface area contributed by atoms with Gasteiger partial charge in [0.05, 0.1) is 24.7 Å². The van der Waals surface area contributed by atoms with Gasteiger partial charge in [-0.3, -0.25) is 4.90 Å². The van der Waals surface area contributed by atoms with Crippen LogP contribution in [0.25, 0.3) is 11.0 Å². The maximum Gasteiger partial charge on any atom is 0.411 e. The van der Waals surface area contributed by atoms with Crippen molar-refractivity contribution in [3.8, 4) is 5.88 Å². The van der Waals surface area contributed by atoms with Crippen LogP contribution in [0.2, 0.25) is 5.15 Å². The number of hydrogen-bond donors (Lipinski definition) is 0. The molecule has 2 heterocycles. The largest absolute Gasteiger partial charge is 0.470 e. The van der Waals surface area contributed by atoms with Crippen LogP contribution in [0.5, 0.6) is 5.88 Å². The lowest BCUT2D eigenvalue weighted by Crippen LogP contribution is -2.44. The number of esters is 1. The molecule has 3 rings (SSSR count). The Labute approximate surface area is 174 Å². The second-order valence-corrected chi connectivity index (χ2v) is 8.32. The molecule has 2 aromatic rings. The van der Waals surface area contributed by atoms with Crippen molar-refractivity contribution >= 4 is 34.7 Å². The Balaban J connectivity index is 1.81. The van der Waals surface area contributed by atoms with Crippen molar-refractivity contribution in [2.75, 3.05) is 13.7 Å². The number of carbonyl (C=O) groups excluding carboxylic acids is 2. The lowest BCUT2D eigenvalue weighted by atomic mass is 10.2. The first kappa shape index (κ1) is 21.1. The van der Waals surface area contributed by atoms with Crippen molar-refractivity contribution in [2.45, 2.75) is 51.9 Å². The van der Waals surface area contributed by atoms with Crippen LogP contribution < -0.4 is 4.74 Å².